The van der Waals surface area contributed by atoms with Crippen LogP contribution in [0, 0.1) is 0 Å². The van der Waals surface area contributed by atoms with Crippen molar-refractivity contribution in [3.8, 4) is 5.75 Å². The molecule has 0 bridgehead atoms. The topological polar surface area (TPSA) is 55.6 Å². The molecule has 0 aliphatic heterocycles. The number of methoxy groups -OCH3 is 1. The maximum Gasteiger partial charge on any atom is 0.256 e. The SMILES string of the molecule is CCC(C)N(C)C(=O)c1cc(OC)ccc1N. The lowest BCUT2D eigenvalue weighted by atomic mass is 10.1. The van der Waals surface area contributed by atoms with Gasteiger partial charge in [0.05, 0.1) is 12.7 Å². The van der Waals surface area contributed by atoms with Gasteiger partial charge in [0.2, 0.25) is 0 Å². The Hall–Kier alpha value is -1.71. The van der Waals surface area contributed by atoms with Crippen LogP contribution >= 0.6 is 0 Å². The van der Waals surface area contributed by atoms with Crippen LogP contribution in [0.5, 0.6) is 5.75 Å². The second-order valence-electron chi connectivity index (χ2n) is 4.13. The third-order valence-corrected chi connectivity index (χ3v) is 3.06. The first-order chi connectivity index (χ1) is 8.01. The molecule has 1 unspecified atom stereocenters. The molecule has 1 amide bonds. The fourth-order valence-corrected chi connectivity index (χ4v) is 1.51. The highest BCUT2D eigenvalue weighted by atomic mass is 16.5. The maximum atomic E-state index is 12.2. The van der Waals surface area contributed by atoms with Gasteiger partial charge in [-0.15, -0.1) is 0 Å². The molecule has 17 heavy (non-hydrogen) atoms. The first-order valence-electron chi connectivity index (χ1n) is 5.71. The van der Waals surface area contributed by atoms with Crippen LogP contribution < -0.4 is 10.5 Å². The molecule has 0 aliphatic rings. The van der Waals surface area contributed by atoms with Crippen molar-refractivity contribution in [3.63, 3.8) is 0 Å². The number of amides is 1. The summed E-state index contributed by atoms with van der Waals surface area (Å²) in [5.74, 6) is 0.566. The number of benzene rings is 1. The molecule has 94 valence electrons. The summed E-state index contributed by atoms with van der Waals surface area (Å²) >= 11 is 0. The Morgan fingerprint density at radius 1 is 1.53 bits per heavy atom. The highest BCUT2D eigenvalue weighted by molar-refractivity contribution is 5.99. The van der Waals surface area contributed by atoms with Crippen LogP contribution in [0.2, 0.25) is 0 Å². The first kappa shape index (κ1) is 13.4. The minimum Gasteiger partial charge on any atom is -0.497 e. The molecule has 2 N–H and O–H groups in total. The van der Waals surface area contributed by atoms with E-state index in [2.05, 4.69) is 0 Å². The van der Waals surface area contributed by atoms with Crippen molar-refractivity contribution in [2.24, 2.45) is 0 Å². The van der Waals surface area contributed by atoms with Crippen LogP contribution in [0.25, 0.3) is 0 Å². The number of hydrogen-bond acceptors (Lipinski definition) is 3. The predicted octanol–water partition coefficient (Wildman–Crippen LogP) is 2.15. The summed E-state index contributed by atoms with van der Waals surface area (Å²) in [5.41, 5.74) is 6.79. The number of rotatable bonds is 4. The molecule has 4 heteroatoms. The molecule has 0 heterocycles. The minimum atomic E-state index is -0.0734. The van der Waals surface area contributed by atoms with Crippen LogP contribution in [0.15, 0.2) is 18.2 Å². The van der Waals surface area contributed by atoms with Gasteiger partial charge in [0, 0.05) is 18.8 Å². The maximum absolute atomic E-state index is 12.2. The van der Waals surface area contributed by atoms with Crippen molar-refractivity contribution in [2.45, 2.75) is 26.3 Å². The Balaban J connectivity index is 3.02. The van der Waals surface area contributed by atoms with Crippen LogP contribution in [0.1, 0.15) is 30.6 Å². The van der Waals surface area contributed by atoms with E-state index in [1.54, 1.807) is 37.3 Å². The molecule has 0 saturated carbocycles. The molecule has 0 aliphatic carbocycles. The van der Waals surface area contributed by atoms with Gasteiger partial charge >= 0.3 is 0 Å². The van der Waals surface area contributed by atoms with Gasteiger partial charge in [-0.05, 0) is 31.5 Å². The second kappa shape index (κ2) is 5.57. The fourth-order valence-electron chi connectivity index (χ4n) is 1.51. The Morgan fingerprint density at radius 3 is 2.71 bits per heavy atom. The van der Waals surface area contributed by atoms with E-state index < -0.39 is 0 Å². The van der Waals surface area contributed by atoms with E-state index in [0.29, 0.717) is 17.0 Å². The summed E-state index contributed by atoms with van der Waals surface area (Å²) in [6.45, 7) is 4.05. The summed E-state index contributed by atoms with van der Waals surface area (Å²) in [5, 5.41) is 0. The zero-order valence-corrected chi connectivity index (χ0v) is 10.9. The lowest BCUT2D eigenvalue weighted by molar-refractivity contribution is 0.0741. The van der Waals surface area contributed by atoms with Crippen LogP contribution in [0.3, 0.4) is 0 Å². The van der Waals surface area contributed by atoms with E-state index in [1.165, 1.54) is 0 Å². The van der Waals surface area contributed by atoms with Crippen molar-refractivity contribution in [1.82, 2.24) is 4.90 Å². The van der Waals surface area contributed by atoms with E-state index in [-0.39, 0.29) is 11.9 Å². The van der Waals surface area contributed by atoms with Crippen LogP contribution in [-0.2, 0) is 0 Å². The number of carbonyl (C=O) groups excluding carboxylic acids is 1. The first-order valence-corrected chi connectivity index (χ1v) is 5.71. The zero-order valence-electron chi connectivity index (χ0n) is 10.9. The number of nitrogen functional groups attached to an aromatic ring is 1. The van der Waals surface area contributed by atoms with Gasteiger partial charge in [0.15, 0.2) is 0 Å². The number of carbonyl (C=O) groups is 1. The monoisotopic (exact) mass is 236 g/mol. The highest BCUT2D eigenvalue weighted by Gasteiger charge is 2.18. The third kappa shape index (κ3) is 2.90. The summed E-state index contributed by atoms with van der Waals surface area (Å²) in [6.07, 6.45) is 0.909. The van der Waals surface area contributed by atoms with Crippen molar-refractivity contribution in [1.29, 1.82) is 0 Å². The van der Waals surface area contributed by atoms with Crippen molar-refractivity contribution >= 4 is 11.6 Å². The summed E-state index contributed by atoms with van der Waals surface area (Å²) in [6, 6.07) is 5.30. The molecule has 1 aromatic rings. The van der Waals surface area contributed by atoms with Gasteiger partial charge < -0.3 is 15.4 Å². The molecule has 0 saturated heterocycles. The van der Waals surface area contributed by atoms with E-state index in [0.717, 1.165) is 6.42 Å². The van der Waals surface area contributed by atoms with Gasteiger partial charge in [-0.2, -0.15) is 0 Å². The van der Waals surface area contributed by atoms with E-state index >= 15 is 0 Å². The average molecular weight is 236 g/mol. The Bertz CT molecular complexity index is 404. The van der Waals surface area contributed by atoms with Crippen LogP contribution in [-0.4, -0.2) is 31.0 Å². The van der Waals surface area contributed by atoms with Gasteiger partial charge in [-0.25, -0.2) is 0 Å². The molecule has 0 fully saturated rings. The van der Waals surface area contributed by atoms with Crippen molar-refractivity contribution in [3.05, 3.63) is 23.8 Å². The molecular weight excluding hydrogens is 216 g/mol. The van der Waals surface area contributed by atoms with Gasteiger partial charge in [-0.3, -0.25) is 4.79 Å². The third-order valence-electron chi connectivity index (χ3n) is 3.06. The standard InChI is InChI=1S/C13H20N2O2/c1-5-9(2)15(3)13(16)11-8-10(17-4)6-7-12(11)14/h6-9H,5,14H2,1-4H3. The molecule has 0 aromatic heterocycles. The largest absolute Gasteiger partial charge is 0.497 e. The second-order valence-corrected chi connectivity index (χ2v) is 4.13. The van der Waals surface area contributed by atoms with Crippen molar-refractivity contribution < 1.29 is 9.53 Å². The molecule has 1 aromatic carbocycles. The lowest BCUT2D eigenvalue weighted by Crippen LogP contribution is -2.35. The van der Waals surface area contributed by atoms with Gasteiger partial charge in [0.1, 0.15) is 5.75 Å². The van der Waals surface area contributed by atoms with E-state index in [9.17, 15) is 4.79 Å². The Morgan fingerprint density at radius 2 is 2.18 bits per heavy atom. The number of anilines is 1. The minimum absolute atomic E-state index is 0.0734. The van der Waals surface area contributed by atoms with Crippen molar-refractivity contribution in [2.75, 3.05) is 19.9 Å². The predicted molar refractivity (Wildman–Crippen MR) is 69.3 cm³/mol. The van der Waals surface area contributed by atoms with Gasteiger partial charge in [-0.1, -0.05) is 6.92 Å². The summed E-state index contributed by atoms with van der Waals surface area (Å²) in [4.78, 5) is 13.9. The van der Waals surface area contributed by atoms with Gasteiger partial charge in [0.25, 0.3) is 5.91 Å². The molecule has 0 radical (unpaired) electrons. The summed E-state index contributed by atoms with van der Waals surface area (Å²) in [7, 11) is 3.35. The zero-order chi connectivity index (χ0) is 13.0. The number of hydrogen-bond donors (Lipinski definition) is 1. The van der Waals surface area contributed by atoms with E-state index in [4.69, 9.17) is 10.5 Å². The molecule has 1 rings (SSSR count). The lowest BCUT2D eigenvalue weighted by Gasteiger charge is -2.24. The number of nitrogens with zero attached hydrogens (tertiary/aromatic N) is 1. The fraction of sp³-hybridized carbons (Fsp3) is 0.462. The quantitative estimate of drug-likeness (QED) is 0.815. The number of ether oxygens (including phenoxy) is 1. The average Bonchev–Trinajstić information content (AvgIpc) is 2.36. The smallest absolute Gasteiger partial charge is 0.256 e. The summed E-state index contributed by atoms with van der Waals surface area (Å²) < 4.78 is 5.10. The Labute approximate surface area is 102 Å². The highest BCUT2D eigenvalue weighted by Crippen LogP contribution is 2.21. The molecule has 4 nitrogen and oxygen atoms in total. The molecule has 1 atom stereocenters. The number of nitrogens with two attached hydrogens (primary N) is 1. The molecule has 0 spiro atoms. The normalized spacial score (nSPS) is 12.0. The Kier molecular flexibility index (Phi) is 4.37. The van der Waals surface area contributed by atoms with E-state index in [1.807, 2.05) is 13.8 Å². The van der Waals surface area contributed by atoms with Crippen LogP contribution in [0.4, 0.5) is 5.69 Å². The molecular formula is C13H20N2O2.